The SMILES string of the molecule is CN(Cc1ccccc1O)C(=O)CCCOc1ccccc1Br. The maximum atomic E-state index is 12.1. The maximum absolute atomic E-state index is 12.1. The molecular formula is C18H20BrNO3. The molecule has 1 N–H and O–H groups in total. The van der Waals surface area contributed by atoms with Crippen LogP contribution >= 0.6 is 15.9 Å². The first-order valence-electron chi connectivity index (χ1n) is 7.46. The summed E-state index contributed by atoms with van der Waals surface area (Å²) < 4.78 is 6.55. The molecule has 0 fully saturated rings. The van der Waals surface area contributed by atoms with Crippen LogP contribution in [0.5, 0.6) is 11.5 Å². The molecule has 5 heteroatoms. The molecule has 1 amide bonds. The zero-order valence-corrected chi connectivity index (χ0v) is 14.6. The van der Waals surface area contributed by atoms with Crippen molar-refractivity contribution in [3.05, 3.63) is 58.6 Å². The smallest absolute Gasteiger partial charge is 0.222 e. The number of benzene rings is 2. The van der Waals surface area contributed by atoms with Crippen LogP contribution in [0.4, 0.5) is 0 Å². The normalized spacial score (nSPS) is 10.3. The van der Waals surface area contributed by atoms with Gasteiger partial charge in [-0.15, -0.1) is 0 Å². The topological polar surface area (TPSA) is 49.8 Å². The summed E-state index contributed by atoms with van der Waals surface area (Å²) in [7, 11) is 1.74. The van der Waals surface area contributed by atoms with Crippen LogP contribution in [0, 0.1) is 0 Å². The van der Waals surface area contributed by atoms with Gasteiger partial charge in [0.1, 0.15) is 11.5 Å². The summed E-state index contributed by atoms with van der Waals surface area (Å²) in [6, 6.07) is 14.7. The highest BCUT2D eigenvalue weighted by molar-refractivity contribution is 9.10. The molecular weight excluding hydrogens is 358 g/mol. The zero-order chi connectivity index (χ0) is 16.7. The highest BCUT2D eigenvalue weighted by atomic mass is 79.9. The number of phenolic OH excluding ortho intramolecular Hbond substituents is 1. The van der Waals surface area contributed by atoms with E-state index in [4.69, 9.17) is 4.74 Å². The van der Waals surface area contributed by atoms with Crippen molar-refractivity contribution in [3.63, 3.8) is 0 Å². The average molecular weight is 378 g/mol. The minimum Gasteiger partial charge on any atom is -0.508 e. The molecule has 0 heterocycles. The summed E-state index contributed by atoms with van der Waals surface area (Å²) in [5, 5.41) is 9.74. The van der Waals surface area contributed by atoms with E-state index in [1.807, 2.05) is 36.4 Å². The third kappa shape index (κ3) is 5.28. The van der Waals surface area contributed by atoms with Crippen LogP contribution in [0.3, 0.4) is 0 Å². The van der Waals surface area contributed by atoms with Crippen LogP contribution in [-0.2, 0) is 11.3 Å². The predicted molar refractivity (Wildman–Crippen MR) is 93.5 cm³/mol. The Morgan fingerprint density at radius 2 is 1.87 bits per heavy atom. The van der Waals surface area contributed by atoms with Gasteiger partial charge in [-0.3, -0.25) is 4.79 Å². The number of rotatable bonds is 7. The number of nitrogens with zero attached hydrogens (tertiary/aromatic N) is 1. The Hall–Kier alpha value is -2.01. The summed E-state index contributed by atoms with van der Waals surface area (Å²) in [5.74, 6) is 1.02. The number of aromatic hydroxyl groups is 1. The summed E-state index contributed by atoms with van der Waals surface area (Å²) in [5.41, 5.74) is 0.743. The Bertz CT molecular complexity index is 660. The highest BCUT2D eigenvalue weighted by Gasteiger charge is 2.11. The van der Waals surface area contributed by atoms with E-state index in [-0.39, 0.29) is 11.7 Å². The standard InChI is InChI=1S/C18H20BrNO3/c1-20(13-14-7-2-4-9-16(14)21)18(22)11-6-12-23-17-10-5-3-8-15(17)19/h2-5,7-10,21H,6,11-13H2,1H3. The molecule has 0 radical (unpaired) electrons. The molecule has 0 atom stereocenters. The van der Waals surface area contributed by atoms with Gasteiger partial charge >= 0.3 is 0 Å². The monoisotopic (exact) mass is 377 g/mol. The predicted octanol–water partition coefficient (Wildman–Crippen LogP) is 3.97. The van der Waals surface area contributed by atoms with Gasteiger partial charge in [0.2, 0.25) is 5.91 Å². The van der Waals surface area contributed by atoms with Gasteiger partial charge in [-0.2, -0.15) is 0 Å². The number of para-hydroxylation sites is 2. The molecule has 4 nitrogen and oxygen atoms in total. The molecule has 2 aromatic rings. The number of carbonyl (C=O) groups excluding carboxylic acids is 1. The van der Waals surface area contributed by atoms with Crippen LogP contribution in [0.25, 0.3) is 0 Å². The van der Waals surface area contributed by atoms with Crippen LogP contribution < -0.4 is 4.74 Å². The van der Waals surface area contributed by atoms with Gasteiger partial charge in [0.25, 0.3) is 0 Å². The number of amides is 1. The van der Waals surface area contributed by atoms with Crippen LogP contribution in [-0.4, -0.2) is 29.6 Å². The van der Waals surface area contributed by atoms with E-state index >= 15 is 0 Å². The maximum Gasteiger partial charge on any atom is 0.222 e. The molecule has 0 aliphatic rings. The fourth-order valence-corrected chi connectivity index (χ4v) is 2.55. The molecule has 122 valence electrons. The van der Waals surface area contributed by atoms with Crippen molar-refractivity contribution in [2.45, 2.75) is 19.4 Å². The van der Waals surface area contributed by atoms with E-state index in [1.54, 1.807) is 24.1 Å². The lowest BCUT2D eigenvalue weighted by Crippen LogP contribution is -2.26. The third-order valence-corrected chi connectivity index (χ3v) is 4.11. The van der Waals surface area contributed by atoms with E-state index < -0.39 is 0 Å². The van der Waals surface area contributed by atoms with Gasteiger partial charge in [0, 0.05) is 25.6 Å². The number of halogens is 1. The molecule has 0 bridgehead atoms. The number of carbonyl (C=O) groups is 1. The van der Waals surface area contributed by atoms with Crippen molar-refractivity contribution in [1.82, 2.24) is 4.90 Å². The molecule has 0 aromatic heterocycles. The van der Waals surface area contributed by atoms with Gasteiger partial charge < -0.3 is 14.7 Å². The van der Waals surface area contributed by atoms with E-state index in [2.05, 4.69) is 15.9 Å². The quantitative estimate of drug-likeness (QED) is 0.742. The minimum absolute atomic E-state index is 0.0315. The van der Waals surface area contributed by atoms with Gasteiger partial charge in [-0.05, 0) is 40.5 Å². The molecule has 0 aliphatic heterocycles. The second kappa shape index (κ2) is 8.58. The molecule has 23 heavy (non-hydrogen) atoms. The lowest BCUT2D eigenvalue weighted by Gasteiger charge is -2.18. The van der Waals surface area contributed by atoms with Gasteiger partial charge in [-0.1, -0.05) is 30.3 Å². The van der Waals surface area contributed by atoms with Gasteiger partial charge in [0.15, 0.2) is 0 Å². The first-order chi connectivity index (χ1) is 11.1. The van der Waals surface area contributed by atoms with Crippen molar-refractivity contribution < 1.29 is 14.6 Å². The van der Waals surface area contributed by atoms with E-state index in [9.17, 15) is 9.90 Å². The van der Waals surface area contributed by atoms with Crippen molar-refractivity contribution in [2.24, 2.45) is 0 Å². The van der Waals surface area contributed by atoms with Crippen molar-refractivity contribution >= 4 is 21.8 Å². The first kappa shape index (κ1) is 17.3. The van der Waals surface area contributed by atoms with Gasteiger partial charge in [-0.25, -0.2) is 0 Å². The Morgan fingerprint density at radius 1 is 1.17 bits per heavy atom. The molecule has 0 unspecified atom stereocenters. The number of hydrogen-bond acceptors (Lipinski definition) is 3. The number of hydrogen-bond donors (Lipinski definition) is 1. The Labute approximate surface area is 144 Å². The van der Waals surface area contributed by atoms with E-state index in [1.165, 1.54) is 0 Å². The molecule has 0 saturated heterocycles. The van der Waals surface area contributed by atoms with Crippen molar-refractivity contribution in [1.29, 1.82) is 0 Å². The molecule has 2 rings (SSSR count). The zero-order valence-electron chi connectivity index (χ0n) is 13.0. The minimum atomic E-state index is 0.0315. The van der Waals surface area contributed by atoms with Gasteiger partial charge in [0.05, 0.1) is 11.1 Å². The lowest BCUT2D eigenvalue weighted by molar-refractivity contribution is -0.130. The van der Waals surface area contributed by atoms with Crippen molar-refractivity contribution in [3.8, 4) is 11.5 Å². The molecule has 0 spiro atoms. The summed E-state index contributed by atoms with van der Waals surface area (Å²) in [4.78, 5) is 13.7. The fraction of sp³-hybridized carbons (Fsp3) is 0.278. The summed E-state index contributed by atoms with van der Waals surface area (Å²) in [6.07, 6.45) is 1.06. The first-order valence-corrected chi connectivity index (χ1v) is 8.25. The Kier molecular flexibility index (Phi) is 6.47. The summed E-state index contributed by atoms with van der Waals surface area (Å²) >= 11 is 3.42. The lowest BCUT2D eigenvalue weighted by atomic mass is 10.2. The third-order valence-electron chi connectivity index (χ3n) is 3.45. The van der Waals surface area contributed by atoms with Crippen molar-refractivity contribution in [2.75, 3.05) is 13.7 Å². The fourth-order valence-electron chi connectivity index (χ4n) is 2.15. The Balaban J connectivity index is 1.74. The highest BCUT2D eigenvalue weighted by Crippen LogP contribution is 2.24. The number of ether oxygens (including phenoxy) is 1. The second-order valence-electron chi connectivity index (χ2n) is 5.26. The molecule has 0 saturated carbocycles. The second-order valence-corrected chi connectivity index (χ2v) is 6.12. The van der Waals surface area contributed by atoms with E-state index in [0.717, 1.165) is 15.8 Å². The summed E-state index contributed by atoms with van der Waals surface area (Å²) in [6.45, 7) is 0.884. The molecule has 2 aromatic carbocycles. The Morgan fingerprint density at radius 3 is 2.61 bits per heavy atom. The molecule has 0 aliphatic carbocycles. The van der Waals surface area contributed by atoms with Crippen LogP contribution in [0.2, 0.25) is 0 Å². The van der Waals surface area contributed by atoms with E-state index in [0.29, 0.717) is 26.0 Å². The van der Waals surface area contributed by atoms with Crippen LogP contribution in [0.15, 0.2) is 53.0 Å². The number of phenols is 1. The average Bonchev–Trinajstić information content (AvgIpc) is 2.55. The van der Waals surface area contributed by atoms with Crippen LogP contribution in [0.1, 0.15) is 18.4 Å². The largest absolute Gasteiger partial charge is 0.508 e.